The van der Waals surface area contributed by atoms with Crippen molar-refractivity contribution in [3.05, 3.63) is 102 Å². The maximum atomic E-state index is 12.7. The zero-order valence-corrected chi connectivity index (χ0v) is 18.6. The predicted molar refractivity (Wildman–Crippen MR) is 128 cm³/mol. The van der Waals surface area contributed by atoms with Crippen molar-refractivity contribution in [2.45, 2.75) is 12.5 Å². The highest BCUT2D eigenvalue weighted by Gasteiger charge is 2.21. The number of furan rings is 1. The van der Waals surface area contributed by atoms with Gasteiger partial charge >= 0.3 is 5.97 Å². The van der Waals surface area contributed by atoms with E-state index in [0.717, 1.165) is 27.3 Å². The van der Waals surface area contributed by atoms with Gasteiger partial charge in [-0.15, -0.1) is 0 Å². The number of carbonyl (C=O) groups excluding carboxylic acids is 2. The van der Waals surface area contributed by atoms with E-state index >= 15 is 0 Å². The molecule has 0 aliphatic heterocycles. The first-order valence-electron chi connectivity index (χ1n) is 10.9. The molecule has 7 nitrogen and oxygen atoms in total. The fourth-order valence-electron chi connectivity index (χ4n) is 4.16. The van der Waals surface area contributed by atoms with Crippen molar-refractivity contribution in [2.24, 2.45) is 7.05 Å². The van der Waals surface area contributed by atoms with Gasteiger partial charge in [0, 0.05) is 30.4 Å². The van der Waals surface area contributed by atoms with E-state index in [-0.39, 0.29) is 13.0 Å². The largest absolute Gasteiger partial charge is 0.464 e. The molecule has 0 aliphatic rings. The number of aromatic nitrogens is 2. The molecule has 34 heavy (non-hydrogen) atoms. The molecule has 0 bridgehead atoms. The third-order valence-electron chi connectivity index (χ3n) is 5.79. The topological polar surface area (TPSA) is 86.4 Å². The second-order valence-corrected chi connectivity index (χ2v) is 8.07. The molecule has 7 heteroatoms. The lowest BCUT2D eigenvalue weighted by atomic mass is 10.0. The summed E-state index contributed by atoms with van der Waals surface area (Å²) >= 11 is 0. The zero-order valence-electron chi connectivity index (χ0n) is 18.6. The fourth-order valence-corrected chi connectivity index (χ4v) is 4.16. The molecule has 3 aromatic carbocycles. The average Bonchev–Trinajstić information content (AvgIpc) is 3.48. The third-order valence-corrected chi connectivity index (χ3v) is 5.79. The average molecular weight is 453 g/mol. The summed E-state index contributed by atoms with van der Waals surface area (Å²) in [5.74, 6) is -0.227. The molecule has 170 valence electrons. The summed E-state index contributed by atoms with van der Waals surface area (Å²) in [5.41, 5.74) is 2.32. The van der Waals surface area contributed by atoms with Crippen molar-refractivity contribution in [3.8, 4) is 0 Å². The molecular formula is C27H23N3O4. The molecule has 0 saturated heterocycles. The monoisotopic (exact) mass is 453 g/mol. The maximum absolute atomic E-state index is 12.7. The van der Waals surface area contributed by atoms with Crippen molar-refractivity contribution < 1.29 is 18.7 Å². The maximum Gasteiger partial charge on any atom is 0.310 e. The van der Waals surface area contributed by atoms with E-state index in [1.54, 1.807) is 12.5 Å². The van der Waals surface area contributed by atoms with Gasteiger partial charge in [0.15, 0.2) is 6.61 Å². The standard InChI is InChI=1S/C27H23N3O4/c1-30-14-13-28-27(30)26(19-8-3-2-4-9-19)29-23(31)17-34-24(32)15-20-16-33-22-12-11-18-7-5-6-10-21(18)25(20)22/h2-14,16,26H,15,17H2,1H3,(H,29,31). The Morgan fingerprint density at radius 2 is 1.85 bits per heavy atom. The number of ether oxygens (including phenoxy) is 1. The van der Waals surface area contributed by atoms with Gasteiger partial charge in [0.1, 0.15) is 17.4 Å². The quantitative estimate of drug-likeness (QED) is 0.371. The lowest BCUT2D eigenvalue weighted by Crippen LogP contribution is -2.34. The Morgan fingerprint density at radius 1 is 1.06 bits per heavy atom. The number of amides is 1. The van der Waals surface area contributed by atoms with Crippen LogP contribution in [0.25, 0.3) is 21.7 Å². The molecule has 0 saturated carbocycles. The van der Waals surface area contributed by atoms with Crippen LogP contribution in [-0.2, 0) is 27.8 Å². The van der Waals surface area contributed by atoms with Gasteiger partial charge in [-0.2, -0.15) is 0 Å². The molecular weight excluding hydrogens is 430 g/mol. The van der Waals surface area contributed by atoms with Crippen molar-refractivity contribution in [1.82, 2.24) is 14.9 Å². The Morgan fingerprint density at radius 3 is 2.65 bits per heavy atom. The molecule has 0 spiro atoms. The number of aryl methyl sites for hydroxylation is 1. The second-order valence-electron chi connectivity index (χ2n) is 8.07. The summed E-state index contributed by atoms with van der Waals surface area (Å²) in [7, 11) is 1.86. The van der Waals surface area contributed by atoms with E-state index in [4.69, 9.17) is 9.15 Å². The fraction of sp³-hybridized carbons (Fsp3) is 0.148. The molecule has 1 N–H and O–H groups in total. The highest BCUT2D eigenvalue weighted by molar-refractivity contribution is 6.08. The summed E-state index contributed by atoms with van der Waals surface area (Å²) in [6.07, 6.45) is 5.08. The summed E-state index contributed by atoms with van der Waals surface area (Å²) in [5, 5.41) is 5.89. The minimum Gasteiger partial charge on any atom is -0.464 e. The minimum absolute atomic E-state index is 0.00969. The smallest absolute Gasteiger partial charge is 0.310 e. The number of fused-ring (bicyclic) bond motifs is 3. The van der Waals surface area contributed by atoms with Gasteiger partial charge in [-0.25, -0.2) is 4.98 Å². The number of rotatable bonds is 7. The SMILES string of the molecule is Cn1ccnc1C(NC(=O)COC(=O)Cc1coc2ccc3ccccc3c12)c1ccccc1. The number of benzene rings is 3. The molecule has 0 aliphatic carbocycles. The molecule has 1 amide bonds. The highest BCUT2D eigenvalue weighted by Crippen LogP contribution is 2.30. The summed E-state index contributed by atoms with van der Waals surface area (Å²) < 4.78 is 12.8. The van der Waals surface area contributed by atoms with E-state index < -0.39 is 17.9 Å². The van der Waals surface area contributed by atoms with Gasteiger partial charge < -0.3 is 19.0 Å². The molecule has 2 heterocycles. The number of carbonyl (C=O) groups is 2. The summed E-state index contributed by atoms with van der Waals surface area (Å²) in [6.45, 7) is -0.386. The molecule has 1 atom stereocenters. The van der Waals surface area contributed by atoms with Crippen LogP contribution in [0.1, 0.15) is 23.0 Å². The van der Waals surface area contributed by atoms with Crippen LogP contribution in [0.3, 0.4) is 0 Å². The summed E-state index contributed by atoms with van der Waals surface area (Å²) in [4.78, 5) is 29.6. The first-order chi connectivity index (χ1) is 16.6. The van der Waals surface area contributed by atoms with Gasteiger partial charge in [0.2, 0.25) is 0 Å². The van der Waals surface area contributed by atoms with E-state index in [1.807, 2.05) is 84.5 Å². The number of hydrogen-bond acceptors (Lipinski definition) is 5. The van der Waals surface area contributed by atoms with Crippen LogP contribution in [-0.4, -0.2) is 28.0 Å². The van der Waals surface area contributed by atoms with E-state index in [2.05, 4.69) is 10.3 Å². The molecule has 1 unspecified atom stereocenters. The van der Waals surface area contributed by atoms with Crippen LogP contribution in [0.4, 0.5) is 0 Å². The summed E-state index contributed by atoms with van der Waals surface area (Å²) in [6, 6.07) is 20.9. The predicted octanol–water partition coefficient (Wildman–Crippen LogP) is 4.31. The molecule has 5 rings (SSSR count). The normalized spacial score (nSPS) is 12.0. The number of nitrogens with zero attached hydrogens (tertiary/aromatic N) is 2. The molecule has 0 radical (unpaired) electrons. The van der Waals surface area contributed by atoms with Gasteiger partial charge in [0.25, 0.3) is 5.91 Å². The van der Waals surface area contributed by atoms with Crippen LogP contribution in [0.15, 0.2) is 89.8 Å². The Hall–Kier alpha value is -4.39. The first kappa shape index (κ1) is 21.5. The van der Waals surface area contributed by atoms with Crippen molar-refractivity contribution in [3.63, 3.8) is 0 Å². The molecule has 2 aromatic heterocycles. The zero-order chi connectivity index (χ0) is 23.5. The molecule has 5 aromatic rings. The van der Waals surface area contributed by atoms with Gasteiger partial charge in [0.05, 0.1) is 12.7 Å². The Labute approximate surface area is 196 Å². The van der Waals surface area contributed by atoms with E-state index in [0.29, 0.717) is 11.4 Å². The Balaban J connectivity index is 1.27. The van der Waals surface area contributed by atoms with Crippen molar-refractivity contribution in [2.75, 3.05) is 6.61 Å². The molecule has 0 fully saturated rings. The number of nitrogens with one attached hydrogen (secondary N) is 1. The van der Waals surface area contributed by atoms with Gasteiger partial charge in [-0.3, -0.25) is 9.59 Å². The van der Waals surface area contributed by atoms with Crippen LogP contribution in [0, 0.1) is 0 Å². The first-order valence-corrected chi connectivity index (χ1v) is 10.9. The van der Waals surface area contributed by atoms with Crippen molar-refractivity contribution in [1.29, 1.82) is 0 Å². The third kappa shape index (κ3) is 4.28. The number of hydrogen-bond donors (Lipinski definition) is 1. The van der Waals surface area contributed by atoms with Crippen molar-refractivity contribution >= 4 is 33.6 Å². The number of imidazole rings is 1. The van der Waals surface area contributed by atoms with Gasteiger partial charge in [-0.1, -0.05) is 60.7 Å². The lowest BCUT2D eigenvalue weighted by Gasteiger charge is -2.19. The number of esters is 1. The van der Waals surface area contributed by atoms with Crippen LogP contribution in [0.2, 0.25) is 0 Å². The Kier molecular flexibility index (Phi) is 5.82. The second kappa shape index (κ2) is 9.23. The van der Waals surface area contributed by atoms with Crippen LogP contribution >= 0.6 is 0 Å². The van der Waals surface area contributed by atoms with Crippen LogP contribution < -0.4 is 5.32 Å². The minimum atomic E-state index is -0.501. The van der Waals surface area contributed by atoms with E-state index in [9.17, 15) is 9.59 Å². The van der Waals surface area contributed by atoms with E-state index in [1.165, 1.54) is 0 Å². The Bertz CT molecular complexity index is 1470. The van der Waals surface area contributed by atoms with Crippen LogP contribution in [0.5, 0.6) is 0 Å². The highest BCUT2D eigenvalue weighted by atomic mass is 16.5. The van der Waals surface area contributed by atoms with Gasteiger partial charge in [-0.05, 0) is 22.4 Å². The lowest BCUT2D eigenvalue weighted by molar-refractivity contribution is -0.148.